The van der Waals surface area contributed by atoms with Crippen LogP contribution in [0.1, 0.15) is 12.5 Å². The fourth-order valence-corrected chi connectivity index (χ4v) is 2.95. The Hall–Kier alpha value is -2.21. The Morgan fingerprint density at radius 2 is 1.74 bits per heavy atom. The Balaban J connectivity index is 1.90. The Labute approximate surface area is 137 Å². The van der Waals surface area contributed by atoms with Crippen LogP contribution < -0.4 is 14.2 Å². The molecule has 5 nitrogen and oxygen atoms in total. The molecule has 2 aromatic carbocycles. The zero-order valence-electron chi connectivity index (χ0n) is 13.3. The van der Waals surface area contributed by atoms with Crippen molar-refractivity contribution in [2.75, 3.05) is 24.2 Å². The van der Waals surface area contributed by atoms with E-state index in [0.29, 0.717) is 17.2 Å². The zero-order valence-corrected chi connectivity index (χ0v) is 14.1. The van der Waals surface area contributed by atoms with Crippen molar-refractivity contribution < 1.29 is 17.9 Å². The third-order valence-corrected chi connectivity index (χ3v) is 4.56. The van der Waals surface area contributed by atoms with Crippen molar-refractivity contribution in [1.82, 2.24) is 0 Å². The summed E-state index contributed by atoms with van der Waals surface area (Å²) in [4.78, 5) is 0. The van der Waals surface area contributed by atoms with E-state index >= 15 is 0 Å². The molecule has 0 aromatic heterocycles. The Morgan fingerprint density at radius 1 is 1.04 bits per heavy atom. The third-order valence-electron chi connectivity index (χ3n) is 3.32. The van der Waals surface area contributed by atoms with Crippen molar-refractivity contribution in [1.29, 1.82) is 0 Å². The van der Waals surface area contributed by atoms with Gasteiger partial charge in [-0.2, -0.15) is 0 Å². The van der Waals surface area contributed by atoms with E-state index in [0.717, 1.165) is 6.42 Å². The molecule has 0 saturated heterocycles. The number of aryl methyl sites for hydroxylation is 1. The van der Waals surface area contributed by atoms with Gasteiger partial charge in [-0.3, -0.25) is 4.72 Å². The molecule has 23 heavy (non-hydrogen) atoms. The van der Waals surface area contributed by atoms with Gasteiger partial charge in [-0.15, -0.1) is 0 Å². The molecular formula is C17H21NO4S. The molecule has 0 radical (unpaired) electrons. The first kappa shape index (κ1) is 17.1. The monoisotopic (exact) mass is 335 g/mol. The van der Waals surface area contributed by atoms with Crippen LogP contribution in [0, 0.1) is 0 Å². The van der Waals surface area contributed by atoms with Gasteiger partial charge in [-0.1, -0.05) is 31.2 Å². The summed E-state index contributed by atoms with van der Waals surface area (Å²) in [5.74, 6) is 1.00. The number of para-hydroxylation sites is 2. The number of anilines is 1. The molecule has 0 aliphatic rings. The predicted octanol–water partition coefficient (Wildman–Crippen LogP) is 3.08. The van der Waals surface area contributed by atoms with Crippen LogP contribution in [0.5, 0.6) is 11.5 Å². The van der Waals surface area contributed by atoms with Gasteiger partial charge in [-0.25, -0.2) is 8.42 Å². The maximum absolute atomic E-state index is 12.1. The normalized spacial score (nSPS) is 11.0. The maximum atomic E-state index is 12.1. The fraction of sp³-hybridized carbons (Fsp3) is 0.294. The van der Waals surface area contributed by atoms with Gasteiger partial charge in [0.15, 0.2) is 0 Å². The first-order chi connectivity index (χ1) is 11.0. The number of ether oxygens (including phenoxy) is 2. The van der Waals surface area contributed by atoms with Crippen LogP contribution in [0.25, 0.3) is 0 Å². The summed E-state index contributed by atoms with van der Waals surface area (Å²) in [5, 5.41) is 0. The average molecular weight is 335 g/mol. The molecule has 0 fully saturated rings. The van der Waals surface area contributed by atoms with Crippen LogP contribution in [-0.2, 0) is 16.4 Å². The van der Waals surface area contributed by atoms with Crippen molar-refractivity contribution in [2.24, 2.45) is 0 Å². The Bertz CT molecular complexity index is 727. The topological polar surface area (TPSA) is 64.6 Å². The summed E-state index contributed by atoms with van der Waals surface area (Å²) in [6, 6.07) is 14.5. The maximum Gasteiger partial charge on any atom is 0.236 e. The molecule has 0 spiro atoms. The second-order valence-corrected chi connectivity index (χ2v) is 6.81. The summed E-state index contributed by atoms with van der Waals surface area (Å²) >= 11 is 0. The number of rotatable bonds is 8. The summed E-state index contributed by atoms with van der Waals surface area (Å²) < 4.78 is 37.3. The molecule has 0 unspecified atom stereocenters. The lowest BCUT2D eigenvalue weighted by molar-refractivity contribution is 0.341. The third kappa shape index (κ3) is 5.17. The SMILES string of the molecule is CCc1ccc(OCCS(=O)(=O)Nc2ccccc2OC)cc1. The number of nitrogens with one attached hydrogen (secondary N) is 1. The summed E-state index contributed by atoms with van der Waals surface area (Å²) in [6.45, 7) is 2.15. The van der Waals surface area contributed by atoms with Crippen LogP contribution in [0.4, 0.5) is 5.69 Å². The number of benzene rings is 2. The van der Waals surface area contributed by atoms with Crippen LogP contribution >= 0.6 is 0 Å². The molecule has 2 aromatic rings. The fourth-order valence-electron chi connectivity index (χ4n) is 2.04. The first-order valence-electron chi connectivity index (χ1n) is 7.39. The van der Waals surface area contributed by atoms with E-state index in [-0.39, 0.29) is 12.4 Å². The van der Waals surface area contributed by atoms with E-state index in [9.17, 15) is 8.42 Å². The first-order valence-corrected chi connectivity index (χ1v) is 9.04. The molecule has 0 aliphatic heterocycles. The summed E-state index contributed by atoms with van der Waals surface area (Å²) in [6.07, 6.45) is 0.956. The van der Waals surface area contributed by atoms with E-state index in [1.165, 1.54) is 12.7 Å². The van der Waals surface area contributed by atoms with Gasteiger partial charge in [0.2, 0.25) is 10.0 Å². The van der Waals surface area contributed by atoms with E-state index in [1.54, 1.807) is 24.3 Å². The minimum atomic E-state index is -3.51. The van der Waals surface area contributed by atoms with Crippen molar-refractivity contribution in [2.45, 2.75) is 13.3 Å². The van der Waals surface area contributed by atoms with Gasteiger partial charge < -0.3 is 9.47 Å². The molecule has 1 N–H and O–H groups in total. The van der Waals surface area contributed by atoms with Crippen molar-refractivity contribution in [3.05, 3.63) is 54.1 Å². The summed E-state index contributed by atoms with van der Waals surface area (Å²) in [7, 11) is -2.01. The van der Waals surface area contributed by atoms with Crippen LogP contribution in [0.2, 0.25) is 0 Å². The molecule has 6 heteroatoms. The molecule has 0 heterocycles. The van der Waals surface area contributed by atoms with E-state index in [1.807, 2.05) is 24.3 Å². The largest absolute Gasteiger partial charge is 0.495 e. The number of methoxy groups -OCH3 is 1. The lowest BCUT2D eigenvalue weighted by Gasteiger charge is -2.12. The molecule has 0 bridgehead atoms. The van der Waals surface area contributed by atoms with Crippen molar-refractivity contribution in [3.63, 3.8) is 0 Å². The highest BCUT2D eigenvalue weighted by Crippen LogP contribution is 2.24. The standard InChI is InChI=1S/C17H21NO4S/c1-3-14-8-10-15(11-9-14)22-12-13-23(19,20)18-16-6-4-5-7-17(16)21-2/h4-11,18H,3,12-13H2,1-2H3. The Morgan fingerprint density at radius 3 is 2.39 bits per heavy atom. The highest BCUT2D eigenvalue weighted by atomic mass is 32.2. The Kier molecular flexibility index (Phi) is 5.87. The van der Waals surface area contributed by atoms with Gasteiger partial charge >= 0.3 is 0 Å². The van der Waals surface area contributed by atoms with E-state index in [2.05, 4.69) is 11.6 Å². The number of sulfonamides is 1. The van der Waals surface area contributed by atoms with Gasteiger partial charge in [0, 0.05) is 0 Å². The van der Waals surface area contributed by atoms with Gasteiger partial charge in [0.1, 0.15) is 23.9 Å². The lowest BCUT2D eigenvalue weighted by Crippen LogP contribution is -2.21. The molecule has 0 amide bonds. The van der Waals surface area contributed by atoms with Crippen LogP contribution in [0.15, 0.2) is 48.5 Å². The van der Waals surface area contributed by atoms with Gasteiger partial charge in [0.05, 0.1) is 12.8 Å². The second-order valence-electron chi connectivity index (χ2n) is 4.97. The summed E-state index contributed by atoms with van der Waals surface area (Å²) in [5.41, 5.74) is 1.63. The molecule has 0 saturated carbocycles. The molecule has 2 rings (SSSR count). The highest BCUT2D eigenvalue weighted by molar-refractivity contribution is 7.92. The van der Waals surface area contributed by atoms with Gasteiger partial charge in [0.25, 0.3) is 0 Å². The van der Waals surface area contributed by atoms with Crippen molar-refractivity contribution in [3.8, 4) is 11.5 Å². The van der Waals surface area contributed by atoms with Crippen LogP contribution in [0.3, 0.4) is 0 Å². The van der Waals surface area contributed by atoms with Crippen molar-refractivity contribution >= 4 is 15.7 Å². The number of hydrogen-bond donors (Lipinski definition) is 1. The average Bonchev–Trinajstić information content (AvgIpc) is 2.55. The molecule has 124 valence electrons. The lowest BCUT2D eigenvalue weighted by atomic mass is 10.2. The minimum Gasteiger partial charge on any atom is -0.495 e. The quantitative estimate of drug-likeness (QED) is 0.805. The predicted molar refractivity (Wildman–Crippen MR) is 91.7 cm³/mol. The van der Waals surface area contributed by atoms with E-state index in [4.69, 9.17) is 9.47 Å². The van der Waals surface area contributed by atoms with Crippen LogP contribution in [-0.4, -0.2) is 27.9 Å². The molecule has 0 aliphatic carbocycles. The minimum absolute atomic E-state index is 0.0793. The highest BCUT2D eigenvalue weighted by Gasteiger charge is 2.13. The molecular weight excluding hydrogens is 314 g/mol. The zero-order chi connectivity index (χ0) is 16.7. The van der Waals surface area contributed by atoms with E-state index < -0.39 is 10.0 Å². The second kappa shape index (κ2) is 7.87. The molecule has 0 atom stereocenters. The van der Waals surface area contributed by atoms with Gasteiger partial charge in [-0.05, 0) is 36.2 Å². The smallest absolute Gasteiger partial charge is 0.236 e. The number of hydrogen-bond acceptors (Lipinski definition) is 4.